The number of pyridine rings is 1. The van der Waals surface area contributed by atoms with Crippen LogP contribution in [0.15, 0.2) is 11.1 Å². The van der Waals surface area contributed by atoms with E-state index in [9.17, 15) is 31.7 Å². The smallest absolute Gasteiger partial charge is 0.258 e. The molecule has 1 rings (SSSR count). The van der Waals surface area contributed by atoms with Gasteiger partial charge in [0.15, 0.2) is 0 Å². The van der Waals surface area contributed by atoms with Crippen molar-refractivity contribution in [2.45, 2.75) is 11.3 Å². The number of primary sulfonamides is 1. The van der Waals surface area contributed by atoms with Gasteiger partial charge in [-0.2, -0.15) is 4.39 Å². The zero-order valence-electron chi connectivity index (χ0n) is 7.80. The second-order valence-electron chi connectivity index (χ2n) is 2.78. The molecule has 2 N–H and O–H groups in total. The number of nitro groups is 1. The number of hydrogen-bond acceptors (Lipinski definition) is 5. The predicted octanol–water partition coefficient (Wildman–Crippen LogP) is 0.714. The summed E-state index contributed by atoms with van der Waals surface area (Å²) in [6, 6.07) is 0. The Morgan fingerprint density at radius 3 is 2.35 bits per heavy atom. The van der Waals surface area contributed by atoms with Crippen LogP contribution in [0.25, 0.3) is 0 Å². The summed E-state index contributed by atoms with van der Waals surface area (Å²) in [6.45, 7) is 0. The zero-order valence-corrected chi connectivity index (χ0v) is 8.62. The fourth-order valence-corrected chi connectivity index (χ4v) is 1.78. The summed E-state index contributed by atoms with van der Waals surface area (Å²) >= 11 is 0. The molecule has 7 nitrogen and oxygen atoms in total. The van der Waals surface area contributed by atoms with Crippen LogP contribution in [0.5, 0.6) is 0 Å². The fraction of sp³-hybridized carbons (Fsp3) is 0.167. The molecule has 0 spiro atoms. The number of rotatable bonds is 3. The lowest BCUT2D eigenvalue weighted by atomic mass is 10.2. The van der Waals surface area contributed by atoms with Gasteiger partial charge in [-0.3, -0.25) is 10.1 Å². The van der Waals surface area contributed by atoms with Gasteiger partial charge in [-0.05, 0) is 0 Å². The standard InChI is InChI=1S/C6H4F3N3O4S/c7-5(8)3-2(17(10,15)16)1-11-6(9)4(3)12(13)14/h1,5H,(H2,10,15,16). The Bertz CT molecular complexity index is 574. The molecule has 0 aliphatic rings. The molecular formula is C6H4F3N3O4S. The first-order chi connectivity index (χ1) is 7.66. The van der Waals surface area contributed by atoms with Gasteiger partial charge >= 0.3 is 5.69 Å². The number of hydrogen-bond donors (Lipinski definition) is 1. The maximum absolute atomic E-state index is 12.9. The third kappa shape index (κ3) is 2.50. The average molecular weight is 271 g/mol. The van der Waals surface area contributed by atoms with Gasteiger partial charge in [0.25, 0.3) is 12.4 Å². The van der Waals surface area contributed by atoms with E-state index in [1.807, 2.05) is 0 Å². The minimum Gasteiger partial charge on any atom is -0.258 e. The molecule has 0 saturated heterocycles. The van der Waals surface area contributed by atoms with E-state index in [0.717, 1.165) is 0 Å². The molecule has 1 aromatic rings. The summed E-state index contributed by atoms with van der Waals surface area (Å²) in [7, 11) is -4.66. The van der Waals surface area contributed by atoms with Gasteiger partial charge in [0.2, 0.25) is 10.0 Å². The summed E-state index contributed by atoms with van der Waals surface area (Å²) in [5.74, 6) is -1.81. The molecule has 0 atom stereocenters. The quantitative estimate of drug-likeness (QED) is 0.493. The first kappa shape index (κ1) is 13.3. The molecule has 17 heavy (non-hydrogen) atoms. The molecule has 0 saturated carbocycles. The van der Waals surface area contributed by atoms with E-state index in [2.05, 4.69) is 10.1 Å². The second kappa shape index (κ2) is 4.25. The molecule has 0 aromatic carbocycles. The summed E-state index contributed by atoms with van der Waals surface area (Å²) in [5.41, 5.74) is -3.31. The van der Waals surface area contributed by atoms with Crippen molar-refractivity contribution in [1.82, 2.24) is 4.98 Å². The third-order valence-electron chi connectivity index (χ3n) is 1.72. The van der Waals surface area contributed by atoms with E-state index in [1.165, 1.54) is 0 Å². The minimum atomic E-state index is -4.66. The molecule has 0 unspecified atom stereocenters. The average Bonchev–Trinajstić information content (AvgIpc) is 2.14. The number of nitrogens with zero attached hydrogens (tertiary/aromatic N) is 2. The molecule has 94 valence electrons. The van der Waals surface area contributed by atoms with Crippen LogP contribution in [0.2, 0.25) is 0 Å². The second-order valence-corrected chi connectivity index (χ2v) is 4.31. The van der Waals surface area contributed by atoms with E-state index >= 15 is 0 Å². The normalized spacial score (nSPS) is 11.8. The molecule has 1 aromatic heterocycles. The Morgan fingerprint density at radius 2 is 2.00 bits per heavy atom. The SMILES string of the molecule is NS(=O)(=O)c1cnc(F)c([N+](=O)[O-])c1C(F)F. The Morgan fingerprint density at radius 1 is 1.47 bits per heavy atom. The van der Waals surface area contributed by atoms with Gasteiger partial charge < -0.3 is 0 Å². The van der Waals surface area contributed by atoms with Crippen molar-refractivity contribution in [3.63, 3.8) is 0 Å². The summed E-state index contributed by atoms with van der Waals surface area (Å²) in [5, 5.41) is 15.0. The molecule has 0 radical (unpaired) electrons. The Labute approximate surface area is 92.3 Å². The maximum atomic E-state index is 12.9. The van der Waals surface area contributed by atoms with Crippen LogP contribution < -0.4 is 5.14 Å². The lowest BCUT2D eigenvalue weighted by Crippen LogP contribution is -2.17. The highest BCUT2D eigenvalue weighted by atomic mass is 32.2. The van der Waals surface area contributed by atoms with E-state index in [1.54, 1.807) is 0 Å². The van der Waals surface area contributed by atoms with Gasteiger partial charge in [0.1, 0.15) is 10.5 Å². The molecule has 0 fully saturated rings. The lowest BCUT2D eigenvalue weighted by Gasteiger charge is -2.06. The molecule has 0 amide bonds. The first-order valence-electron chi connectivity index (χ1n) is 3.80. The summed E-state index contributed by atoms with van der Waals surface area (Å²) in [6.07, 6.45) is -3.37. The minimum absolute atomic E-state index is 0.208. The highest BCUT2D eigenvalue weighted by Crippen LogP contribution is 2.34. The van der Waals surface area contributed by atoms with Gasteiger partial charge in [-0.15, -0.1) is 0 Å². The van der Waals surface area contributed by atoms with Crippen LogP contribution in [0.1, 0.15) is 12.0 Å². The van der Waals surface area contributed by atoms with E-state index in [-0.39, 0.29) is 6.20 Å². The van der Waals surface area contributed by atoms with Crippen molar-refractivity contribution in [2.24, 2.45) is 5.14 Å². The van der Waals surface area contributed by atoms with Crippen molar-refractivity contribution in [2.75, 3.05) is 0 Å². The maximum Gasteiger partial charge on any atom is 0.334 e. The molecule has 11 heteroatoms. The fourth-order valence-electron chi connectivity index (χ4n) is 1.09. The molecular weight excluding hydrogens is 267 g/mol. The molecule has 0 bridgehead atoms. The van der Waals surface area contributed by atoms with Crippen molar-refractivity contribution in [3.05, 3.63) is 27.8 Å². The third-order valence-corrected chi connectivity index (χ3v) is 2.66. The summed E-state index contributed by atoms with van der Waals surface area (Å²) < 4.78 is 59.8. The zero-order chi connectivity index (χ0) is 13.4. The predicted molar refractivity (Wildman–Crippen MR) is 47.2 cm³/mol. The van der Waals surface area contributed by atoms with Crippen molar-refractivity contribution >= 4 is 15.7 Å². The van der Waals surface area contributed by atoms with Crippen LogP contribution in [0.4, 0.5) is 18.9 Å². The molecule has 1 heterocycles. The van der Waals surface area contributed by atoms with Crippen LogP contribution in [0, 0.1) is 16.1 Å². The number of alkyl halides is 2. The summed E-state index contributed by atoms with van der Waals surface area (Å²) in [4.78, 5) is 10.3. The first-order valence-corrected chi connectivity index (χ1v) is 5.34. The van der Waals surface area contributed by atoms with Crippen LogP contribution in [-0.2, 0) is 10.0 Å². The van der Waals surface area contributed by atoms with Crippen LogP contribution in [0.3, 0.4) is 0 Å². The van der Waals surface area contributed by atoms with Crippen LogP contribution in [-0.4, -0.2) is 18.3 Å². The van der Waals surface area contributed by atoms with Gasteiger partial charge in [0, 0.05) is 0 Å². The monoisotopic (exact) mass is 271 g/mol. The van der Waals surface area contributed by atoms with E-state index in [0.29, 0.717) is 0 Å². The van der Waals surface area contributed by atoms with Crippen molar-refractivity contribution in [1.29, 1.82) is 0 Å². The number of nitrogens with two attached hydrogens (primary N) is 1. The van der Waals surface area contributed by atoms with E-state index < -0.39 is 43.5 Å². The Hall–Kier alpha value is -1.75. The highest BCUT2D eigenvalue weighted by Gasteiger charge is 2.34. The Balaban J connectivity index is 3.78. The lowest BCUT2D eigenvalue weighted by molar-refractivity contribution is -0.389. The Kier molecular flexibility index (Phi) is 3.33. The van der Waals surface area contributed by atoms with Gasteiger partial charge in [-0.1, -0.05) is 0 Å². The molecule has 0 aliphatic carbocycles. The largest absolute Gasteiger partial charge is 0.334 e. The van der Waals surface area contributed by atoms with Gasteiger partial charge in [0.05, 0.1) is 11.1 Å². The number of halogens is 3. The van der Waals surface area contributed by atoms with Gasteiger partial charge in [-0.25, -0.2) is 27.3 Å². The topological polar surface area (TPSA) is 116 Å². The van der Waals surface area contributed by atoms with Crippen molar-refractivity contribution in [3.8, 4) is 0 Å². The number of aromatic nitrogens is 1. The van der Waals surface area contributed by atoms with E-state index in [4.69, 9.17) is 0 Å². The van der Waals surface area contributed by atoms with Crippen LogP contribution >= 0.6 is 0 Å². The highest BCUT2D eigenvalue weighted by molar-refractivity contribution is 7.89. The van der Waals surface area contributed by atoms with Crippen molar-refractivity contribution < 1.29 is 26.5 Å². The number of sulfonamides is 1. The molecule has 0 aliphatic heterocycles.